The van der Waals surface area contributed by atoms with Gasteiger partial charge in [0.25, 0.3) is 0 Å². The Labute approximate surface area is 138 Å². The molecular formula is C18H29BrN2. The zero-order valence-corrected chi connectivity index (χ0v) is 15.4. The summed E-state index contributed by atoms with van der Waals surface area (Å²) in [6.45, 7) is 13.6. The second kappa shape index (κ2) is 7.75. The summed E-state index contributed by atoms with van der Waals surface area (Å²) in [7, 11) is 0. The third-order valence-electron chi connectivity index (χ3n) is 4.17. The standard InChI is InChI=1S/C18H29BrN2/c1-13(2)20-9-16-5-6-17(18(19)8-16)12-21-10-14(3)7-15(4)11-21/h5-6,8,13-15,20H,7,9-12H2,1-4H3. The number of hydrogen-bond donors (Lipinski definition) is 1. The Morgan fingerprint density at radius 3 is 2.48 bits per heavy atom. The number of nitrogens with zero attached hydrogens (tertiary/aromatic N) is 1. The van der Waals surface area contributed by atoms with Crippen molar-refractivity contribution in [2.75, 3.05) is 13.1 Å². The van der Waals surface area contributed by atoms with Gasteiger partial charge in [0.15, 0.2) is 0 Å². The van der Waals surface area contributed by atoms with Crippen LogP contribution in [0.25, 0.3) is 0 Å². The van der Waals surface area contributed by atoms with Crippen molar-refractivity contribution in [3.8, 4) is 0 Å². The number of piperidine rings is 1. The Balaban J connectivity index is 1.97. The van der Waals surface area contributed by atoms with Crippen molar-refractivity contribution in [3.63, 3.8) is 0 Å². The van der Waals surface area contributed by atoms with E-state index in [0.29, 0.717) is 6.04 Å². The van der Waals surface area contributed by atoms with Crippen LogP contribution in [0.5, 0.6) is 0 Å². The highest BCUT2D eigenvalue weighted by Gasteiger charge is 2.22. The molecule has 1 N–H and O–H groups in total. The van der Waals surface area contributed by atoms with Gasteiger partial charge in [-0.15, -0.1) is 0 Å². The van der Waals surface area contributed by atoms with Crippen LogP contribution in [-0.2, 0) is 13.1 Å². The second-order valence-electron chi connectivity index (χ2n) is 7.10. The normalized spacial score (nSPS) is 23.7. The molecule has 118 valence electrons. The second-order valence-corrected chi connectivity index (χ2v) is 7.96. The van der Waals surface area contributed by atoms with E-state index in [1.165, 1.54) is 35.1 Å². The third kappa shape index (κ3) is 5.39. The van der Waals surface area contributed by atoms with Gasteiger partial charge in [-0.2, -0.15) is 0 Å². The summed E-state index contributed by atoms with van der Waals surface area (Å²) in [5.41, 5.74) is 2.75. The predicted molar refractivity (Wildman–Crippen MR) is 94.3 cm³/mol. The zero-order chi connectivity index (χ0) is 15.4. The fourth-order valence-electron chi connectivity index (χ4n) is 3.31. The largest absolute Gasteiger partial charge is 0.310 e. The van der Waals surface area contributed by atoms with E-state index in [1.54, 1.807) is 0 Å². The molecule has 2 unspecified atom stereocenters. The van der Waals surface area contributed by atoms with Crippen molar-refractivity contribution in [1.82, 2.24) is 10.2 Å². The Kier molecular flexibility index (Phi) is 6.27. The van der Waals surface area contributed by atoms with E-state index in [0.717, 1.165) is 24.9 Å². The SMILES string of the molecule is CC1CC(C)CN(Cc2ccc(CNC(C)C)cc2Br)C1. The number of hydrogen-bond acceptors (Lipinski definition) is 2. The molecule has 1 heterocycles. The number of nitrogens with one attached hydrogen (secondary N) is 1. The molecule has 1 aliphatic rings. The quantitative estimate of drug-likeness (QED) is 0.843. The molecule has 0 saturated carbocycles. The Morgan fingerprint density at radius 1 is 1.24 bits per heavy atom. The van der Waals surface area contributed by atoms with Crippen LogP contribution < -0.4 is 5.32 Å². The fraction of sp³-hybridized carbons (Fsp3) is 0.667. The molecular weight excluding hydrogens is 324 g/mol. The third-order valence-corrected chi connectivity index (χ3v) is 4.91. The van der Waals surface area contributed by atoms with E-state index >= 15 is 0 Å². The summed E-state index contributed by atoms with van der Waals surface area (Å²) in [6.07, 6.45) is 1.37. The lowest BCUT2D eigenvalue weighted by molar-refractivity contribution is 0.134. The van der Waals surface area contributed by atoms with Crippen LogP contribution in [0.3, 0.4) is 0 Å². The molecule has 0 aliphatic carbocycles. The van der Waals surface area contributed by atoms with Crippen molar-refractivity contribution in [2.45, 2.75) is 53.2 Å². The van der Waals surface area contributed by atoms with E-state index in [9.17, 15) is 0 Å². The van der Waals surface area contributed by atoms with Crippen LogP contribution in [0.15, 0.2) is 22.7 Å². The molecule has 2 atom stereocenters. The van der Waals surface area contributed by atoms with Gasteiger partial charge in [0.1, 0.15) is 0 Å². The molecule has 21 heavy (non-hydrogen) atoms. The maximum absolute atomic E-state index is 3.76. The Bertz CT molecular complexity index is 449. The van der Waals surface area contributed by atoms with Gasteiger partial charge >= 0.3 is 0 Å². The minimum absolute atomic E-state index is 0.528. The monoisotopic (exact) mass is 352 g/mol. The zero-order valence-electron chi connectivity index (χ0n) is 13.8. The Hall–Kier alpha value is -0.380. The smallest absolute Gasteiger partial charge is 0.0245 e. The molecule has 1 aromatic carbocycles. The van der Waals surface area contributed by atoms with Crippen LogP contribution in [-0.4, -0.2) is 24.0 Å². The first-order valence-corrected chi connectivity index (χ1v) is 8.96. The molecule has 1 fully saturated rings. The number of benzene rings is 1. The van der Waals surface area contributed by atoms with E-state index < -0.39 is 0 Å². The summed E-state index contributed by atoms with van der Waals surface area (Å²) in [4.78, 5) is 2.60. The molecule has 2 rings (SSSR count). The summed E-state index contributed by atoms with van der Waals surface area (Å²) >= 11 is 3.76. The summed E-state index contributed by atoms with van der Waals surface area (Å²) < 4.78 is 1.25. The van der Waals surface area contributed by atoms with E-state index in [4.69, 9.17) is 0 Å². The van der Waals surface area contributed by atoms with Crippen LogP contribution in [0.4, 0.5) is 0 Å². The highest BCUT2D eigenvalue weighted by atomic mass is 79.9. The number of likely N-dealkylation sites (tertiary alicyclic amines) is 1. The first-order valence-electron chi connectivity index (χ1n) is 8.17. The molecule has 1 aliphatic heterocycles. The first-order chi connectivity index (χ1) is 9.94. The lowest BCUT2D eigenvalue weighted by atomic mass is 9.91. The molecule has 0 spiro atoms. The van der Waals surface area contributed by atoms with Crippen LogP contribution in [0.2, 0.25) is 0 Å². The van der Waals surface area contributed by atoms with Gasteiger partial charge < -0.3 is 5.32 Å². The molecule has 0 radical (unpaired) electrons. The first kappa shape index (κ1) is 17.0. The Morgan fingerprint density at radius 2 is 1.90 bits per heavy atom. The van der Waals surface area contributed by atoms with Crippen LogP contribution in [0.1, 0.15) is 45.2 Å². The van der Waals surface area contributed by atoms with E-state index in [1.807, 2.05) is 0 Å². The molecule has 3 heteroatoms. The van der Waals surface area contributed by atoms with Crippen LogP contribution >= 0.6 is 15.9 Å². The molecule has 1 saturated heterocycles. The lowest BCUT2D eigenvalue weighted by Gasteiger charge is -2.35. The van der Waals surface area contributed by atoms with Crippen molar-refractivity contribution < 1.29 is 0 Å². The number of rotatable bonds is 5. The van der Waals surface area contributed by atoms with Crippen molar-refractivity contribution in [3.05, 3.63) is 33.8 Å². The van der Waals surface area contributed by atoms with Gasteiger partial charge in [-0.05, 0) is 35.4 Å². The molecule has 0 bridgehead atoms. The fourth-order valence-corrected chi connectivity index (χ4v) is 3.86. The minimum atomic E-state index is 0.528. The van der Waals surface area contributed by atoms with Crippen molar-refractivity contribution >= 4 is 15.9 Å². The predicted octanol–water partition coefficient (Wildman–Crippen LogP) is 4.43. The maximum Gasteiger partial charge on any atom is 0.0245 e. The van der Waals surface area contributed by atoms with Crippen molar-refractivity contribution in [2.24, 2.45) is 11.8 Å². The van der Waals surface area contributed by atoms with Gasteiger partial charge in [0.05, 0.1) is 0 Å². The summed E-state index contributed by atoms with van der Waals surface area (Å²) in [6, 6.07) is 7.33. The molecule has 1 aromatic rings. The summed E-state index contributed by atoms with van der Waals surface area (Å²) in [5.74, 6) is 1.64. The summed E-state index contributed by atoms with van der Waals surface area (Å²) in [5, 5.41) is 3.47. The van der Waals surface area contributed by atoms with Gasteiger partial charge in [-0.25, -0.2) is 0 Å². The molecule has 0 amide bonds. The van der Waals surface area contributed by atoms with E-state index in [2.05, 4.69) is 72.0 Å². The topological polar surface area (TPSA) is 15.3 Å². The van der Waals surface area contributed by atoms with Gasteiger partial charge in [-0.1, -0.05) is 55.8 Å². The van der Waals surface area contributed by atoms with Crippen LogP contribution in [0, 0.1) is 11.8 Å². The number of halogens is 1. The lowest BCUT2D eigenvalue weighted by Crippen LogP contribution is -2.38. The highest BCUT2D eigenvalue weighted by molar-refractivity contribution is 9.10. The van der Waals surface area contributed by atoms with Crippen molar-refractivity contribution in [1.29, 1.82) is 0 Å². The average Bonchev–Trinajstić information content (AvgIpc) is 2.38. The average molecular weight is 353 g/mol. The maximum atomic E-state index is 3.76. The van der Waals surface area contributed by atoms with Gasteiger partial charge in [-0.3, -0.25) is 4.90 Å². The van der Waals surface area contributed by atoms with Gasteiger partial charge in [0, 0.05) is 36.7 Å². The van der Waals surface area contributed by atoms with E-state index in [-0.39, 0.29) is 0 Å². The minimum Gasteiger partial charge on any atom is -0.310 e. The van der Waals surface area contributed by atoms with Gasteiger partial charge in [0.2, 0.25) is 0 Å². The highest BCUT2D eigenvalue weighted by Crippen LogP contribution is 2.25. The molecule has 0 aromatic heterocycles. The molecule has 2 nitrogen and oxygen atoms in total.